The number of hydrogen-bond acceptors (Lipinski definition) is 7. The molecule has 0 aliphatic carbocycles. The van der Waals surface area contributed by atoms with Crippen molar-refractivity contribution in [2.24, 2.45) is 5.92 Å². The standard InChI is InChI=1S/C24H25ClN4O3S2/c1-2-32-24(31)17-9-11-29(12-10-17)21(26)15-3-5-16(6-4-15)23-28-18(14-33-23)13-27-22(30)19-7-8-20(25)34-19/h3-8,14,17,26H,2,9-13H2,1H3,(H,27,30). The Bertz CT molecular complexity index is 1170. The van der Waals surface area contributed by atoms with Crippen LogP contribution in [0.25, 0.3) is 10.6 Å². The number of esters is 1. The van der Waals surface area contributed by atoms with Gasteiger partial charge in [-0.1, -0.05) is 35.9 Å². The van der Waals surface area contributed by atoms with Gasteiger partial charge in [0, 0.05) is 29.6 Å². The number of piperidine rings is 1. The molecule has 0 spiro atoms. The molecule has 3 heterocycles. The van der Waals surface area contributed by atoms with Crippen LogP contribution in [-0.4, -0.2) is 47.3 Å². The lowest BCUT2D eigenvalue weighted by atomic mass is 9.96. The number of nitrogens with zero attached hydrogens (tertiary/aromatic N) is 2. The van der Waals surface area contributed by atoms with E-state index < -0.39 is 0 Å². The molecule has 10 heteroatoms. The maximum atomic E-state index is 12.2. The molecule has 1 aromatic carbocycles. The predicted molar refractivity (Wildman–Crippen MR) is 136 cm³/mol. The van der Waals surface area contributed by atoms with E-state index in [1.54, 1.807) is 12.1 Å². The topological polar surface area (TPSA) is 95.4 Å². The number of thiazole rings is 1. The highest BCUT2D eigenvalue weighted by atomic mass is 35.5. The van der Waals surface area contributed by atoms with Crippen LogP contribution in [-0.2, 0) is 16.1 Å². The Hall–Kier alpha value is -2.75. The molecule has 0 radical (unpaired) electrons. The van der Waals surface area contributed by atoms with Gasteiger partial charge in [0.15, 0.2) is 0 Å². The van der Waals surface area contributed by atoms with Gasteiger partial charge in [-0.15, -0.1) is 22.7 Å². The van der Waals surface area contributed by atoms with E-state index in [0.717, 1.165) is 21.8 Å². The average molecular weight is 517 g/mol. The lowest BCUT2D eigenvalue weighted by Gasteiger charge is -2.32. The lowest BCUT2D eigenvalue weighted by Crippen LogP contribution is -2.40. The van der Waals surface area contributed by atoms with Gasteiger partial charge in [0.1, 0.15) is 10.8 Å². The van der Waals surface area contributed by atoms with Gasteiger partial charge in [0.2, 0.25) is 0 Å². The summed E-state index contributed by atoms with van der Waals surface area (Å²) in [5.74, 6) is 0.0976. The first-order valence-corrected chi connectivity index (χ1v) is 13.1. The van der Waals surface area contributed by atoms with E-state index in [1.165, 1.54) is 22.7 Å². The van der Waals surface area contributed by atoms with E-state index in [4.69, 9.17) is 21.7 Å². The van der Waals surface area contributed by atoms with Crippen molar-refractivity contribution in [2.45, 2.75) is 26.3 Å². The van der Waals surface area contributed by atoms with Crippen LogP contribution in [0.2, 0.25) is 4.34 Å². The number of aromatic nitrogens is 1. The number of hydrogen-bond donors (Lipinski definition) is 2. The summed E-state index contributed by atoms with van der Waals surface area (Å²) in [6.07, 6.45) is 1.41. The van der Waals surface area contributed by atoms with Crippen LogP contribution >= 0.6 is 34.3 Å². The van der Waals surface area contributed by atoms with Crippen molar-refractivity contribution < 1.29 is 14.3 Å². The fourth-order valence-corrected chi connectivity index (χ4v) is 5.55. The minimum atomic E-state index is -0.166. The Morgan fingerprint density at radius 1 is 1.21 bits per heavy atom. The number of ether oxygens (including phenoxy) is 1. The lowest BCUT2D eigenvalue weighted by molar-refractivity contribution is -0.149. The normalized spacial score (nSPS) is 14.1. The summed E-state index contributed by atoms with van der Waals surface area (Å²) in [6, 6.07) is 11.2. The SMILES string of the molecule is CCOC(=O)C1CCN(C(=N)c2ccc(-c3nc(CNC(=O)c4ccc(Cl)s4)cs3)cc2)CC1. The minimum Gasteiger partial charge on any atom is -0.466 e. The highest BCUT2D eigenvalue weighted by Gasteiger charge is 2.27. The number of rotatable bonds is 7. The van der Waals surface area contributed by atoms with Crippen molar-refractivity contribution >= 4 is 52.0 Å². The van der Waals surface area contributed by atoms with Gasteiger partial charge in [-0.3, -0.25) is 15.0 Å². The molecule has 3 aromatic rings. The van der Waals surface area contributed by atoms with Crippen molar-refractivity contribution in [3.05, 3.63) is 62.2 Å². The molecule has 1 saturated heterocycles. The van der Waals surface area contributed by atoms with Crippen LogP contribution < -0.4 is 5.32 Å². The largest absolute Gasteiger partial charge is 0.466 e. The summed E-state index contributed by atoms with van der Waals surface area (Å²) in [6.45, 7) is 3.91. The molecule has 1 aliphatic heterocycles. The van der Waals surface area contributed by atoms with Gasteiger partial charge >= 0.3 is 5.97 Å². The third-order valence-electron chi connectivity index (χ3n) is 5.62. The molecule has 2 aromatic heterocycles. The molecule has 0 atom stereocenters. The summed E-state index contributed by atoms with van der Waals surface area (Å²) in [4.78, 5) is 31.3. The van der Waals surface area contributed by atoms with Gasteiger partial charge in [0.05, 0.1) is 34.0 Å². The smallest absolute Gasteiger partial charge is 0.309 e. The zero-order chi connectivity index (χ0) is 24.1. The van der Waals surface area contributed by atoms with Crippen molar-refractivity contribution in [1.82, 2.24) is 15.2 Å². The van der Waals surface area contributed by atoms with Gasteiger partial charge in [0.25, 0.3) is 5.91 Å². The first-order chi connectivity index (χ1) is 16.4. The van der Waals surface area contributed by atoms with Crippen molar-refractivity contribution in [2.75, 3.05) is 19.7 Å². The number of carbonyl (C=O) groups excluding carboxylic acids is 2. The molecule has 178 valence electrons. The number of amidine groups is 1. The molecule has 0 unspecified atom stereocenters. The van der Waals surface area contributed by atoms with Crippen LogP contribution in [0.15, 0.2) is 41.8 Å². The number of carbonyl (C=O) groups is 2. The predicted octanol–water partition coefficient (Wildman–Crippen LogP) is 5.06. The number of nitrogens with one attached hydrogen (secondary N) is 2. The van der Waals surface area contributed by atoms with Crippen molar-refractivity contribution in [3.63, 3.8) is 0 Å². The Balaban J connectivity index is 1.31. The molecule has 34 heavy (non-hydrogen) atoms. The molecule has 4 rings (SSSR count). The van der Waals surface area contributed by atoms with Gasteiger partial charge in [-0.2, -0.15) is 0 Å². The Morgan fingerprint density at radius 3 is 2.59 bits per heavy atom. The highest BCUT2D eigenvalue weighted by Crippen LogP contribution is 2.26. The van der Waals surface area contributed by atoms with Crippen LogP contribution in [0.1, 0.15) is 40.7 Å². The van der Waals surface area contributed by atoms with E-state index in [1.807, 2.05) is 41.5 Å². The number of likely N-dealkylation sites (tertiary alicyclic amines) is 1. The molecule has 0 saturated carbocycles. The second kappa shape index (κ2) is 11.1. The molecule has 1 amide bonds. The van der Waals surface area contributed by atoms with Gasteiger partial charge in [-0.25, -0.2) is 4.98 Å². The maximum Gasteiger partial charge on any atom is 0.309 e. The number of thiophene rings is 1. The number of benzene rings is 1. The maximum absolute atomic E-state index is 12.2. The number of amides is 1. The summed E-state index contributed by atoms with van der Waals surface area (Å²) >= 11 is 8.65. The second-order valence-corrected chi connectivity index (χ2v) is 10.4. The van der Waals surface area contributed by atoms with Crippen molar-refractivity contribution in [1.29, 1.82) is 5.41 Å². The summed E-state index contributed by atoms with van der Waals surface area (Å²) < 4.78 is 5.71. The zero-order valence-electron chi connectivity index (χ0n) is 18.7. The summed E-state index contributed by atoms with van der Waals surface area (Å²) in [5.41, 5.74) is 2.58. The molecule has 2 N–H and O–H groups in total. The minimum absolute atomic E-state index is 0.0710. The first-order valence-electron chi connectivity index (χ1n) is 11.0. The zero-order valence-corrected chi connectivity index (χ0v) is 21.1. The average Bonchev–Trinajstić information content (AvgIpc) is 3.52. The van der Waals surface area contributed by atoms with E-state index in [2.05, 4.69) is 10.3 Å². The molecule has 1 fully saturated rings. The number of halogens is 1. The summed E-state index contributed by atoms with van der Waals surface area (Å²) in [7, 11) is 0. The second-order valence-electron chi connectivity index (χ2n) is 7.87. The Kier molecular flexibility index (Phi) is 7.97. The van der Waals surface area contributed by atoms with Gasteiger partial charge in [-0.05, 0) is 31.9 Å². The fourth-order valence-electron chi connectivity index (χ4n) is 3.77. The van der Waals surface area contributed by atoms with Crippen LogP contribution in [0, 0.1) is 11.3 Å². The molecule has 7 nitrogen and oxygen atoms in total. The first kappa shape index (κ1) is 24.4. The Labute approximate surface area is 211 Å². The van der Waals surface area contributed by atoms with Gasteiger partial charge < -0.3 is 15.0 Å². The fraction of sp³-hybridized carbons (Fsp3) is 0.333. The van der Waals surface area contributed by atoms with E-state index in [0.29, 0.717) is 54.1 Å². The van der Waals surface area contributed by atoms with E-state index in [9.17, 15) is 9.59 Å². The monoisotopic (exact) mass is 516 g/mol. The van der Waals surface area contributed by atoms with Crippen LogP contribution in [0.3, 0.4) is 0 Å². The van der Waals surface area contributed by atoms with E-state index >= 15 is 0 Å². The third kappa shape index (κ3) is 5.84. The molecular weight excluding hydrogens is 492 g/mol. The molecular formula is C24H25ClN4O3S2. The van der Waals surface area contributed by atoms with Crippen molar-refractivity contribution in [3.8, 4) is 10.6 Å². The summed E-state index contributed by atoms with van der Waals surface area (Å²) in [5, 5.41) is 14.2. The highest BCUT2D eigenvalue weighted by molar-refractivity contribution is 7.18. The quantitative estimate of drug-likeness (QED) is 0.260. The van der Waals surface area contributed by atoms with E-state index in [-0.39, 0.29) is 17.8 Å². The Morgan fingerprint density at radius 2 is 1.94 bits per heavy atom. The van der Waals surface area contributed by atoms with Crippen LogP contribution in [0.4, 0.5) is 0 Å². The third-order valence-corrected chi connectivity index (χ3v) is 7.79. The van der Waals surface area contributed by atoms with Crippen LogP contribution in [0.5, 0.6) is 0 Å². The molecule has 0 bridgehead atoms. The molecule has 1 aliphatic rings.